The van der Waals surface area contributed by atoms with E-state index in [1.807, 2.05) is 30.3 Å². The highest BCUT2D eigenvalue weighted by atomic mass is 15.6. The van der Waals surface area contributed by atoms with Gasteiger partial charge in [-0.25, -0.2) is 0 Å². The minimum absolute atomic E-state index is 0.699. The minimum Gasteiger partial charge on any atom is -0.351 e. The Hall–Kier alpha value is -1.95. The molecule has 0 amide bonds. The van der Waals surface area contributed by atoms with Crippen molar-refractivity contribution in [3.05, 3.63) is 30.3 Å². The molecule has 1 aliphatic rings. The van der Waals surface area contributed by atoms with Crippen molar-refractivity contribution in [1.82, 2.24) is 25.1 Å². The molecule has 1 aliphatic heterocycles. The topological polar surface area (TPSA) is 58.9 Å². The second-order valence-electron chi connectivity index (χ2n) is 4.73. The van der Waals surface area contributed by atoms with Gasteiger partial charge in [-0.15, -0.1) is 0 Å². The Bertz CT molecular complexity index is 503. The Morgan fingerprint density at radius 3 is 2.68 bits per heavy atom. The van der Waals surface area contributed by atoms with E-state index in [9.17, 15) is 0 Å². The zero-order valence-electron chi connectivity index (χ0n) is 10.9. The van der Waals surface area contributed by atoms with Crippen molar-refractivity contribution in [1.29, 1.82) is 0 Å². The van der Waals surface area contributed by atoms with Crippen molar-refractivity contribution in [2.24, 2.45) is 0 Å². The predicted molar refractivity (Wildman–Crippen MR) is 73.3 cm³/mol. The number of anilines is 1. The van der Waals surface area contributed by atoms with E-state index in [4.69, 9.17) is 0 Å². The lowest BCUT2D eigenvalue weighted by molar-refractivity contribution is 0.352. The van der Waals surface area contributed by atoms with Crippen LogP contribution in [0.1, 0.15) is 12.8 Å². The lowest BCUT2D eigenvalue weighted by Gasteiger charge is -2.14. The minimum atomic E-state index is 0.699. The fourth-order valence-corrected chi connectivity index (χ4v) is 2.37. The molecule has 1 N–H and O–H groups in total. The van der Waals surface area contributed by atoms with Gasteiger partial charge in [-0.05, 0) is 48.5 Å². The van der Waals surface area contributed by atoms with E-state index in [1.54, 1.807) is 4.68 Å². The third kappa shape index (κ3) is 2.90. The average Bonchev–Trinajstić information content (AvgIpc) is 3.11. The predicted octanol–water partition coefficient (Wildman–Crippen LogP) is 1.17. The van der Waals surface area contributed by atoms with Gasteiger partial charge in [0.15, 0.2) is 0 Å². The van der Waals surface area contributed by atoms with E-state index in [1.165, 1.54) is 25.9 Å². The van der Waals surface area contributed by atoms with Gasteiger partial charge in [0.05, 0.1) is 5.69 Å². The van der Waals surface area contributed by atoms with Crippen molar-refractivity contribution < 1.29 is 0 Å². The maximum atomic E-state index is 4.03. The summed E-state index contributed by atoms with van der Waals surface area (Å²) in [6.45, 7) is 4.34. The first-order valence-electron chi connectivity index (χ1n) is 6.73. The smallest absolute Gasteiger partial charge is 0.247 e. The van der Waals surface area contributed by atoms with Crippen LogP contribution in [-0.4, -0.2) is 51.3 Å². The number of aromatic nitrogens is 4. The molecular weight excluding hydrogens is 240 g/mol. The Kier molecular flexibility index (Phi) is 3.69. The van der Waals surface area contributed by atoms with Crippen molar-refractivity contribution >= 4 is 5.95 Å². The number of hydrogen-bond donors (Lipinski definition) is 1. The average molecular weight is 258 g/mol. The van der Waals surface area contributed by atoms with Gasteiger partial charge in [0, 0.05) is 13.1 Å². The number of benzene rings is 1. The van der Waals surface area contributed by atoms with Crippen LogP contribution in [0.4, 0.5) is 5.95 Å². The Labute approximate surface area is 112 Å². The van der Waals surface area contributed by atoms with E-state index >= 15 is 0 Å². The van der Waals surface area contributed by atoms with Crippen molar-refractivity contribution in [2.75, 3.05) is 31.5 Å². The molecular formula is C13H18N6. The van der Waals surface area contributed by atoms with Crippen molar-refractivity contribution in [2.45, 2.75) is 12.8 Å². The summed E-state index contributed by atoms with van der Waals surface area (Å²) < 4.78 is 1.73. The third-order valence-electron chi connectivity index (χ3n) is 3.38. The molecule has 2 aromatic rings. The van der Waals surface area contributed by atoms with Gasteiger partial charge >= 0.3 is 0 Å². The highest BCUT2D eigenvalue weighted by Crippen LogP contribution is 2.11. The van der Waals surface area contributed by atoms with Gasteiger partial charge in [-0.3, -0.25) is 0 Å². The summed E-state index contributed by atoms with van der Waals surface area (Å²) >= 11 is 0. The molecule has 0 radical (unpaired) electrons. The molecule has 1 saturated heterocycles. The van der Waals surface area contributed by atoms with E-state index < -0.39 is 0 Å². The Morgan fingerprint density at radius 1 is 1.11 bits per heavy atom. The first-order valence-corrected chi connectivity index (χ1v) is 6.73. The van der Waals surface area contributed by atoms with Crippen molar-refractivity contribution in [3.8, 4) is 5.69 Å². The summed E-state index contributed by atoms with van der Waals surface area (Å²) in [6.07, 6.45) is 2.64. The van der Waals surface area contributed by atoms with Crippen LogP contribution in [0.25, 0.3) is 5.69 Å². The Morgan fingerprint density at radius 2 is 1.89 bits per heavy atom. The molecule has 1 aromatic carbocycles. The summed E-state index contributed by atoms with van der Waals surface area (Å²) in [5.41, 5.74) is 0.969. The molecule has 0 spiro atoms. The molecule has 19 heavy (non-hydrogen) atoms. The molecule has 2 heterocycles. The normalized spacial score (nSPS) is 15.8. The van der Waals surface area contributed by atoms with Crippen LogP contribution in [0.5, 0.6) is 0 Å². The fraction of sp³-hybridized carbons (Fsp3) is 0.462. The lowest BCUT2D eigenvalue weighted by atomic mass is 10.3. The molecule has 1 fully saturated rings. The standard InChI is InChI=1S/C13H18N6/c1-2-6-12(7-3-1)19-13(15-16-17-19)14-8-11-18-9-4-5-10-18/h1-3,6-7H,4-5,8-11H2,(H,14,15,17). The molecule has 1 aromatic heterocycles. The number of rotatable bonds is 5. The first-order chi connectivity index (χ1) is 9.43. The van der Waals surface area contributed by atoms with Gasteiger partial charge < -0.3 is 10.2 Å². The van der Waals surface area contributed by atoms with Crippen LogP contribution in [-0.2, 0) is 0 Å². The molecule has 0 unspecified atom stereocenters. The van der Waals surface area contributed by atoms with Crippen LogP contribution in [0, 0.1) is 0 Å². The quantitative estimate of drug-likeness (QED) is 0.872. The number of likely N-dealkylation sites (tertiary alicyclic amines) is 1. The maximum absolute atomic E-state index is 4.03. The second kappa shape index (κ2) is 5.79. The summed E-state index contributed by atoms with van der Waals surface area (Å²) in [4.78, 5) is 2.46. The number of hydrogen-bond acceptors (Lipinski definition) is 5. The molecule has 0 atom stereocenters. The Balaban J connectivity index is 1.61. The highest BCUT2D eigenvalue weighted by molar-refractivity contribution is 5.38. The number of nitrogens with one attached hydrogen (secondary N) is 1. The zero-order valence-corrected chi connectivity index (χ0v) is 10.9. The van der Waals surface area contributed by atoms with Gasteiger partial charge in [0.1, 0.15) is 0 Å². The fourth-order valence-electron chi connectivity index (χ4n) is 2.37. The van der Waals surface area contributed by atoms with E-state index in [0.29, 0.717) is 5.95 Å². The number of tetrazole rings is 1. The summed E-state index contributed by atoms with van der Waals surface area (Å²) in [6, 6.07) is 9.91. The van der Waals surface area contributed by atoms with Gasteiger partial charge in [0.2, 0.25) is 5.95 Å². The largest absolute Gasteiger partial charge is 0.351 e. The van der Waals surface area contributed by atoms with E-state index in [2.05, 4.69) is 25.7 Å². The lowest BCUT2D eigenvalue weighted by Crippen LogP contribution is -2.26. The maximum Gasteiger partial charge on any atom is 0.247 e. The SMILES string of the molecule is c1ccc(-n2nnnc2NCCN2CCCC2)cc1. The van der Waals surface area contributed by atoms with Crippen LogP contribution in [0.15, 0.2) is 30.3 Å². The summed E-state index contributed by atoms with van der Waals surface area (Å²) in [5.74, 6) is 0.699. The highest BCUT2D eigenvalue weighted by Gasteiger charge is 2.12. The van der Waals surface area contributed by atoms with Crippen LogP contribution in [0.2, 0.25) is 0 Å². The zero-order chi connectivity index (χ0) is 12.9. The van der Waals surface area contributed by atoms with Gasteiger partial charge in [-0.1, -0.05) is 23.3 Å². The van der Waals surface area contributed by atoms with Gasteiger partial charge in [0.25, 0.3) is 0 Å². The molecule has 6 heteroatoms. The molecule has 100 valence electrons. The molecule has 0 bridgehead atoms. The van der Waals surface area contributed by atoms with Crippen LogP contribution < -0.4 is 5.32 Å². The molecule has 0 saturated carbocycles. The summed E-state index contributed by atoms with van der Waals surface area (Å²) in [5, 5.41) is 15.1. The van der Waals surface area contributed by atoms with E-state index in [0.717, 1.165) is 18.8 Å². The van der Waals surface area contributed by atoms with Crippen molar-refractivity contribution in [3.63, 3.8) is 0 Å². The third-order valence-corrected chi connectivity index (χ3v) is 3.38. The number of para-hydroxylation sites is 1. The summed E-state index contributed by atoms with van der Waals surface area (Å²) in [7, 11) is 0. The second-order valence-corrected chi connectivity index (χ2v) is 4.73. The molecule has 0 aliphatic carbocycles. The monoisotopic (exact) mass is 258 g/mol. The molecule has 6 nitrogen and oxygen atoms in total. The molecule has 3 rings (SSSR count). The van der Waals surface area contributed by atoms with Crippen LogP contribution in [0.3, 0.4) is 0 Å². The first kappa shape index (κ1) is 12.1. The number of nitrogens with zero attached hydrogens (tertiary/aromatic N) is 5. The van der Waals surface area contributed by atoms with Crippen LogP contribution >= 0.6 is 0 Å². The van der Waals surface area contributed by atoms with E-state index in [-0.39, 0.29) is 0 Å². The van der Waals surface area contributed by atoms with Gasteiger partial charge in [-0.2, -0.15) is 4.68 Å².